The number of aromatic nitrogens is 2. The third-order valence-electron chi connectivity index (χ3n) is 3.30. The van der Waals surface area contributed by atoms with Gasteiger partial charge in [-0.1, -0.05) is 24.3 Å². The van der Waals surface area contributed by atoms with Crippen molar-refractivity contribution in [1.82, 2.24) is 15.1 Å². The normalized spacial score (nSPS) is 10.7. The van der Waals surface area contributed by atoms with Crippen LogP contribution in [0.1, 0.15) is 10.4 Å². The van der Waals surface area contributed by atoms with Gasteiger partial charge in [0.05, 0.1) is 6.54 Å². The molecule has 0 aliphatic carbocycles. The maximum atomic E-state index is 13.7. The van der Waals surface area contributed by atoms with Gasteiger partial charge >= 0.3 is 0 Å². The lowest BCUT2D eigenvalue weighted by molar-refractivity contribution is 0.0953. The molecule has 0 aliphatic rings. The number of hydrogen-bond donors (Lipinski definition) is 1. The number of halogens is 1. The number of carbonyl (C=O) groups is 1. The summed E-state index contributed by atoms with van der Waals surface area (Å²) in [6, 6.07) is 11.6. The van der Waals surface area contributed by atoms with Crippen LogP contribution in [0.4, 0.5) is 4.39 Å². The van der Waals surface area contributed by atoms with E-state index in [-0.39, 0.29) is 11.7 Å². The van der Waals surface area contributed by atoms with Crippen molar-refractivity contribution in [3.63, 3.8) is 0 Å². The van der Waals surface area contributed by atoms with E-state index in [2.05, 4.69) is 10.4 Å². The highest BCUT2D eigenvalue weighted by Gasteiger charge is 2.11. The number of hydrogen-bond acceptors (Lipinski definition) is 2. The van der Waals surface area contributed by atoms with E-state index in [9.17, 15) is 9.18 Å². The Balaban J connectivity index is 1.77. The van der Waals surface area contributed by atoms with Gasteiger partial charge in [0, 0.05) is 29.9 Å². The molecule has 2 aromatic carbocycles. The molecular weight excluding hydrogens is 269 g/mol. The van der Waals surface area contributed by atoms with Crippen LogP contribution in [0.3, 0.4) is 0 Å². The van der Waals surface area contributed by atoms with E-state index >= 15 is 0 Å². The van der Waals surface area contributed by atoms with Gasteiger partial charge in [0.1, 0.15) is 5.82 Å². The van der Waals surface area contributed by atoms with Crippen molar-refractivity contribution in [1.29, 1.82) is 0 Å². The van der Waals surface area contributed by atoms with Crippen molar-refractivity contribution >= 4 is 16.7 Å². The highest BCUT2D eigenvalue weighted by molar-refractivity contribution is 6.07. The maximum absolute atomic E-state index is 13.7. The van der Waals surface area contributed by atoms with Crippen molar-refractivity contribution in [3.8, 4) is 0 Å². The van der Waals surface area contributed by atoms with Crippen LogP contribution < -0.4 is 5.32 Å². The average Bonchev–Trinajstić information content (AvgIpc) is 3.01. The molecule has 0 spiro atoms. The lowest BCUT2D eigenvalue weighted by Crippen LogP contribution is -2.27. The van der Waals surface area contributed by atoms with Crippen molar-refractivity contribution in [2.45, 2.75) is 6.54 Å². The zero-order chi connectivity index (χ0) is 14.7. The molecule has 0 bridgehead atoms. The summed E-state index contributed by atoms with van der Waals surface area (Å²) in [7, 11) is 0. The van der Waals surface area contributed by atoms with Gasteiger partial charge in [-0.3, -0.25) is 9.48 Å². The quantitative estimate of drug-likeness (QED) is 0.800. The van der Waals surface area contributed by atoms with Crippen molar-refractivity contribution in [2.24, 2.45) is 0 Å². The molecule has 106 valence electrons. The van der Waals surface area contributed by atoms with Crippen molar-refractivity contribution < 1.29 is 9.18 Å². The fourth-order valence-electron chi connectivity index (χ4n) is 2.27. The zero-order valence-electron chi connectivity index (χ0n) is 11.3. The molecule has 4 nitrogen and oxygen atoms in total. The van der Waals surface area contributed by atoms with Crippen LogP contribution >= 0.6 is 0 Å². The monoisotopic (exact) mass is 283 g/mol. The average molecular weight is 283 g/mol. The van der Waals surface area contributed by atoms with Crippen molar-refractivity contribution in [2.75, 3.05) is 6.54 Å². The van der Waals surface area contributed by atoms with Crippen LogP contribution in [-0.4, -0.2) is 22.2 Å². The van der Waals surface area contributed by atoms with Crippen molar-refractivity contribution in [3.05, 3.63) is 66.2 Å². The summed E-state index contributed by atoms with van der Waals surface area (Å²) < 4.78 is 15.5. The number of nitrogens with one attached hydrogen (secondary N) is 1. The van der Waals surface area contributed by atoms with Crippen LogP contribution in [0.5, 0.6) is 0 Å². The third-order valence-corrected chi connectivity index (χ3v) is 3.30. The molecule has 1 N–H and O–H groups in total. The van der Waals surface area contributed by atoms with Gasteiger partial charge in [-0.2, -0.15) is 5.10 Å². The Labute approximate surface area is 121 Å². The second-order valence-corrected chi connectivity index (χ2v) is 4.67. The summed E-state index contributed by atoms with van der Waals surface area (Å²) in [5, 5.41) is 7.97. The smallest absolute Gasteiger partial charge is 0.251 e. The first kappa shape index (κ1) is 13.3. The predicted octanol–water partition coefficient (Wildman–Crippen LogP) is 2.61. The lowest BCUT2D eigenvalue weighted by Gasteiger charge is -2.09. The Kier molecular flexibility index (Phi) is 3.64. The molecule has 5 heteroatoms. The molecule has 0 aliphatic heterocycles. The molecular formula is C16H14FN3O. The first-order valence-electron chi connectivity index (χ1n) is 6.68. The molecule has 0 atom stereocenters. The highest BCUT2D eigenvalue weighted by atomic mass is 19.1. The van der Waals surface area contributed by atoms with Crippen LogP contribution in [0.25, 0.3) is 10.8 Å². The Morgan fingerprint density at radius 3 is 2.71 bits per heavy atom. The minimum Gasteiger partial charge on any atom is -0.350 e. The van der Waals surface area contributed by atoms with Crippen LogP contribution in [0.2, 0.25) is 0 Å². The van der Waals surface area contributed by atoms with Gasteiger partial charge in [0.2, 0.25) is 0 Å². The summed E-state index contributed by atoms with van der Waals surface area (Å²) in [4.78, 5) is 12.2. The number of benzene rings is 2. The molecule has 0 saturated heterocycles. The standard InChI is InChI=1S/C16H14FN3O/c17-15-7-6-14(12-4-1-2-5-13(12)15)16(21)18-9-11-20-10-3-8-19-20/h1-8,10H,9,11H2,(H,18,21). The minimum atomic E-state index is -0.321. The Morgan fingerprint density at radius 1 is 1.14 bits per heavy atom. The molecule has 1 aromatic heterocycles. The Hall–Kier alpha value is -2.69. The van der Waals surface area contributed by atoms with Gasteiger partial charge in [-0.05, 0) is 23.6 Å². The molecule has 0 saturated carbocycles. The molecule has 0 fully saturated rings. The molecule has 1 heterocycles. The van der Waals surface area contributed by atoms with Gasteiger partial charge in [0.25, 0.3) is 5.91 Å². The number of nitrogens with zero attached hydrogens (tertiary/aromatic N) is 2. The van der Waals surface area contributed by atoms with E-state index in [0.717, 1.165) is 0 Å². The number of rotatable bonds is 4. The van der Waals surface area contributed by atoms with Crippen LogP contribution in [-0.2, 0) is 6.54 Å². The Morgan fingerprint density at radius 2 is 1.95 bits per heavy atom. The van der Waals surface area contributed by atoms with Gasteiger partial charge < -0.3 is 5.32 Å². The molecule has 1 amide bonds. The molecule has 0 radical (unpaired) electrons. The van der Waals surface area contributed by atoms with Crippen LogP contribution in [0, 0.1) is 5.82 Å². The van der Waals surface area contributed by atoms with E-state index in [0.29, 0.717) is 29.4 Å². The zero-order valence-corrected chi connectivity index (χ0v) is 11.3. The van der Waals surface area contributed by atoms with Crippen LogP contribution in [0.15, 0.2) is 54.9 Å². The molecule has 3 aromatic rings. The second kappa shape index (κ2) is 5.75. The molecule has 3 rings (SSSR count). The van der Waals surface area contributed by atoms with E-state index in [1.165, 1.54) is 12.1 Å². The predicted molar refractivity (Wildman–Crippen MR) is 78.5 cm³/mol. The summed E-state index contributed by atoms with van der Waals surface area (Å²) >= 11 is 0. The van der Waals surface area contributed by atoms with E-state index in [4.69, 9.17) is 0 Å². The van der Waals surface area contributed by atoms with Gasteiger partial charge in [-0.15, -0.1) is 0 Å². The highest BCUT2D eigenvalue weighted by Crippen LogP contribution is 2.21. The largest absolute Gasteiger partial charge is 0.350 e. The SMILES string of the molecule is O=C(NCCn1cccn1)c1ccc(F)c2ccccc12. The summed E-state index contributed by atoms with van der Waals surface area (Å²) in [5.74, 6) is -0.531. The Bertz CT molecular complexity index is 768. The summed E-state index contributed by atoms with van der Waals surface area (Å²) in [6.45, 7) is 1.06. The second-order valence-electron chi connectivity index (χ2n) is 4.67. The topological polar surface area (TPSA) is 46.9 Å². The van der Waals surface area contributed by atoms with E-state index in [1.807, 2.05) is 12.3 Å². The first-order valence-corrected chi connectivity index (χ1v) is 6.68. The third kappa shape index (κ3) is 2.76. The number of amides is 1. The number of fused-ring (bicyclic) bond motifs is 1. The summed E-state index contributed by atoms with van der Waals surface area (Å²) in [5.41, 5.74) is 0.479. The fourth-order valence-corrected chi connectivity index (χ4v) is 2.27. The van der Waals surface area contributed by atoms with Gasteiger partial charge in [0.15, 0.2) is 0 Å². The van der Waals surface area contributed by atoms with E-state index in [1.54, 1.807) is 35.1 Å². The minimum absolute atomic E-state index is 0.210. The molecule has 21 heavy (non-hydrogen) atoms. The summed E-state index contributed by atoms with van der Waals surface area (Å²) in [6.07, 6.45) is 3.52. The first-order chi connectivity index (χ1) is 10.3. The number of carbonyl (C=O) groups excluding carboxylic acids is 1. The fraction of sp³-hybridized carbons (Fsp3) is 0.125. The molecule has 0 unspecified atom stereocenters. The van der Waals surface area contributed by atoms with E-state index < -0.39 is 0 Å². The maximum Gasteiger partial charge on any atom is 0.251 e. The lowest BCUT2D eigenvalue weighted by atomic mass is 10.0. The van der Waals surface area contributed by atoms with Gasteiger partial charge in [-0.25, -0.2) is 4.39 Å².